The quantitative estimate of drug-likeness (QED) is 0.319. The van der Waals surface area contributed by atoms with Crippen LogP contribution < -0.4 is 15.0 Å². The minimum Gasteiger partial charge on any atom is -0.497 e. The minimum absolute atomic E-state index is 0.107. The summed E-state index contributed by atoms with van der Waals surface area (Å²) < 4.78 is 18.8. The van der Waals surface area contributed by atoms with Gasteiger partial charge in [-0.1, -0.05) is 25.1 Å². The van der Waals surface area contributed by atoms with Crippen molar-refractivity contribution in [1.29, 1.82) is 0 Å². The van der Waals surface area contributed by atoms with Crippen molar-refractivity contribution in [3.63, 3.8) is 0 Å². The Labute approximate surface area is 221 Å². The summed E-state index contributed by atoms with van der Waals surface area (Å²) in [6.45, 7) is 4.43. The number of hydrogen-bond donors (Lipinski definition) is 1. The summed E-state index contributed by atoms with van der Waals surface area (Å²) in [7, 11) is 3.30. The van der Waals surface area contributed by atoms with E-state index in [2.05, 4.69) is 32.3 Å². The first-order valence-electron chi connectivity index (χ1n) is 13.0. The Kier molecular flexibility index (Phi) is 8.00. The highest BCUT2D eigenvalue weighted by Crippen LogP contribution is 2.30. The number of nitrogens with one attached hydrogen (secondary N) is 1. The van der Waals surface area contributed by atoms with Gasteiger partial charge in [-0.15, -0.1) is 5.10 Å². The molecule has 10 heteroatoms. The first-order chi connectivity index (χ1) is 18.6. The van der Waals surface area contributed by atoms with Gasteiger partial charge in [-0.25, -0.2) is 4.68 Å². The fraction of sp³-hybridized carbons (Fsp3) is 0.429. The molecule has 0 bridgehead atoms. The molecule has 1 fully saturated rings. The lowest BCUT2D eigenvalue weighted by molar-refractivity contribution is 0.0887. The zero-order valence-electron chi connectivity index (χ0n) is 22.1. The average molecular weight is 519 g/mol. The van der Waals surface area contributed by atoms with Crippen LogP contribution in [-0.2, 0) is 24.4 Å². The van der Waals surface area contributed by atoms with Gasteiger partial charge in [0.1, 0.15) is 11.5 Å². The molecule has 3 heterocycles. The third-order valence-corrected chi connectivity index (χ3v) is 7.15. The Morgan fingerprint density at radius 2 is 1.97 bits per heavy atom. The Balaban J connectivity index is 1.53. The van der Waals surface area contributed by atoms with Gasteiger partial charge in [0.2, 0.25) is 0 Å². The van der Waals surface area contributed by atoms with Gasteiger partial charge < -0.3 is 19.2 Å². The van der Waals surface area contributed by atoms with E-state index in [4.69, 9.17) is 14.2 Å². The normalized spacial score (nSPS) is 16.3. The number of para-hydroxylation sites is 1. The Hall–Kier alpha value is -3.76. The molecular weight excluding hydrogens is 484 g/mol. The summed E-state index contributed by atoms with van der Waals surface area (Å²) in [5, 5.41) is 13.7. The lowest BCUT2D eigenvalue weighted by Crippen LogP contribution is -2.33. The van der Waals surface area contributed by atoms with E-state index in [1.54, 1.807) is 14.2 Å². The molecule has 2 atom stereocenters. The van der Waals surface area contributed by atoms with Crippen LogP contribution in [0, 0.1) is 0 Å². The molecule has 0 radical (unpaired) electrons. The maximum absolute atomic E-state index is 13.2. The molecule has 2 aromatic carbocycles. The maximum atomic E-state index is 13.2. The summed E-state index contributed by atoms with van der Waals surface area (Å²) in [5.74, 6) is 2.29. The van der Waals surface area contributed by atoms with Crippen molar-refractivity contribution in [2.24, 2.45) is 0 Å². The molecular formula is C28H34N6O4. The highest BCUT2D eigenvalue weighted by atomic mass is 16.5. The van der Waals surface area contributed by atoms with E-state index in [9.17, 15) is 4.79 Å². The van der Waals surface area contributed by atoms with E-state index < -0.39 is 0 Å². The number of nitrogens with zero attached hydrogens (tertiary/aromatic N) is 5. The van der Waals surface area contributed by atoms with Gasteiger partial charge in [0, 0.05) is 41.7 Å². The smallest absolute Gasteiger partial charge is 0.252 e. The summed E-state index contributed by atoms with van der Waals surface area (Å²) >= 11 is 0. The number of pyridine rings is 1. The van der Waals surface area contributed by atoms with Crippen molar-refractivity contribution >= 4 is 10.9 Å². The summed E-state index contributed by atoms with van der Waals surface area (Å²) in [6.07, 6.45) is 2.90. The molecule has 0 aliphatic carbocycles. The van der Waals surface area contributed by atoms with Crippen LogP contribution in [-0.4, -0.2) is 57.0 Å². The number of hydrogen-bond acceptors (Lipinski definition) is 8. The molecule has 1 N–H and O–H groups in total. The van der Waals surface area contributed by atoms with Crippen molar-refractivity contribution in [3.8, 4) is 11.5 Å². The molecule has 1 aliphatic heterocycles. The molecule has 10 nitrogen and oxygen atoms in total. The van der Waals surface area contributed by atoms with Gasteiger partial charge >= 0.3 is 0 Å². The molecule has 2 aromatic heterocycles. The Bertz CT molecular complexity index is 1430. The van der Waals surface area contributed by atoms with Gasteiger partial charge in [0.15, 0.2) is 5.82 Å². The SMILES string of the molecule is CC[C@H](c1nnnn1C[C@H]1CCCO1)N(Cc1ccccc1OC)Cc1cc2cc(OC)ccc2[nH]c1=O. The molecule has 200 valence electrons. The molecule has 0 saturated carbocycles. The van der Waals surface area contributed by atoms with E-state index in [1.165, 1.54) is 0 Å². The number of tetrazole rings is 1. The zero-order valence-corrected chi connectivity index (χ0v) is 22.1. The van der Waals surface area contributed by atoms with Crippen molar-refractivity contribution in [2.75, 3.05) is 20.8 Å². The third kappa shape index (κ3) is 5.56. The number of aromatic amines is 1. The van der Waals surface area contributed by atoms with Gasteiger partial charge in [0.05, 0.1) is 32.9 Å². The topological polar surface area (TPSA) is 107 Å². The molecule has 4 aromatic rings. The van der Waals surface area contributed by atoms with Crippen LogP contribution in [0.4, 0.5) is 0 Å². The summed E-state index contributed by atoms with van der Waals surface area (Å²) in [6, 6.07) is 15.4. The molecule has 1 aliphatic rings. The second-order valence-electron chi connectivity index (χ2n) is 9.57. The molecule has 5 rings (SSSR count). The van der Waals surface area contributed by atoms with Crippen LogP contribution in [0.2, 0.25) is 0 Å². The largest absolute Gasteiger partial charge is 0.497 e. The van der Waals surface area contributed by atoms with E-state index in [1.807, 2.05) is 53.2 Å². The molecule has 1 saturated heterocycles. The van der Waals surface area contributed by atoms with Crippen molar-refractivity contribution < 1.29 is 14.2 Å². The minimum atomic E-state index is -0.142. The van der Waals surface area contributed by atoms with Crippen LogP contribution in [0.25, 0.3) is 10.9 Å². The summed E-state index contributed by atoms with van der Waals surface area (Å²) in [5.41, 5.74) is 2.31. The number of H-pyrrole nitrogens is 1. The Morgan fingerprint density at radius 1 is 1.13 bits per heavy atom. The second kappa shape index (κ2) is 11.7. The summed E-state index contributed by atoms with van der Waals surface area (Å²) in [4.78, 5) is 18.5. The number of methoxy groups -OCH3 is 2. The maximum Gasteiger partial charge on any atom is 0.252 e. The first-order valence-corrected chi connectivity index (χ1v) is 13.0. The van der Waals surface area contributed by atoms with E-state index in [0.29, 0.717) is 25.2 Å². The Morgan fingerprint density at radius 3 is 2.74 bits per heavy atom. The average Bonchev–Trinajstić information content (AvgIpc) is 3.62. The number of ether oxygens (including phenoxy) is 3. The first kappa shape index (κ1) is 25.9. The van der Waals surface area contributed by atoms with Gasteiger partial charge in [-0.3, -0.25) is 9.69 Å². The fourth-order valence-electron chi connectivity index (χ4n) is 5.19. The standard InChI is InChI=1S/C28H34N6O4/c1-4-25(27-30-31-32-34(27)18-23-9-7-13-38-23)33(16-19-8-5-6-10-26(19)37-3)17-21-14-20-15-22(36-2)11-12-24(20)29-28(21)35/h5-6,8,10-12,14-15,23,25H,4,7,9,13,16-18H2,1-3H3,(H,29,35)/t23-,25-/m1/s1. The van der Waals surface area contributed by atoms with Crippen molar-refractivity contribution in [3.05, 3.63) is 75.8 Å². The highest BCUT2D eigenvalue weighted by Gasteiger charge is 2.28. The van der Waals surface area contributed by atoms with Crippen molar-refractivity contribution in [1.82, 2.24) is 30.1 Å². The van der Waals surface area contributed by atoms with Crippen LogP contribution in [0.1, 0.15) is 49.2 Å². The fourth-order valence-corrected chi connectivity index (χ4v) is 5.19. The van der Waals surface area contributed by atoms with E-state index >= 15 is 0 Å². The highest BCUT2D eigenvalue weighted by molar-refractivity contribution is 5.80. The van der Waals surface area contributed by atoms with Crippen LogP contribution in [0.5, 0.6) is 11.5 Å². The van der Waals surface area contributed by atoms with Crippen LogP contribution in [0.15, 0.2) is 53.3 Å². The lowest BCUT2D eigenvalue weighted by Gasteiger charge is -2.31. The zero-order chi connectivity index (χ0) is 26.5. The number of benzene rings is 2. The van der Waals surface area contributed by atoms with Crippen LogP contribution in [0.3, 0.4) is 0 Å². The molecule has 0 spiro atoms. The monoisotopic (exact) mass is 518 g/mol. The molecule has 38 heavy (non-hydrogen) atoms. The van der Waals surface area contributed by atoms with Gasteiger partial charge in [-0.05, 0) is 60.0 Å². The van der Waals surface area contributed by atoms with E-state index in [-0.39, 0.29) is 17.7 Å². The van der Waals surface area contributed by atoms with Crippen molar-refractivity contribution in [2.45, 2.75) is 58.0 Å². The number of aromatic nitrogens is 5. The second-order valence-corrected chi connectivity index (χ2v) is 9.57. The van der Waals surface area contributed by atoms with Gasteiger partial charge in [0.25, 0.3) is 5.56 Å². The number of rotatable bonds is 11. The predicted molar refractivity (Wildman–Crippen MR) is 143 cm³/mol. The van der Waals surface area contributed by atoms with Crippen LogP contribution >= 0.6 is 0 Å². The lowest BCUT2D eigenvalue weighted by atomic mass is 10.1. The molecule has 0 unspecified atom stereocenters. The number of fused-ring (bicyclic) bond motifs is 1. The van der Waals surface area contributed by atoms with Gasteiger partial charge in [-0.2, -0.15) is 0 Å². The van der Waals surface area contributed by atoms with E-state index in [0.717, 1.165) is 59.7 Å². The predicted octanol–water partition coefficient (Wildman–Crippen LogP) is 3.86. The molecule has 0 amide bonds. The third-order valence-electron chi connectivity index (χ3n) is 7.15.